The second-order valence-electron chi connectivity index (χ2n) is 5.04. The highest BCUT2D eigenvalue weighted by atomic mass is 35.5. The van der Waals surface area contributed by atoms with Gasteiger partial charge in [0.05, 0.1) is 4.88 Å². The molecule has 1 aromatic heterocycles. The van der Waals surface area contributed by atoms with E-state index in [0.717, 1.165) is 19.4 Å². The normalized spacial score (nSPS) is 21.2. The summed E-state index contributed by atoms with van der Waals surface area (Å²) in [6.45, 7) is 3.48. The maximum Gasteiger partial charge on any atom is 0.261 e. The third-order valence-electron chi connectivity index (χ3n) is 3.49. The number of halogens is 1. The predicted molar refractivity (Wildman–Crippen MR) is 87.1 cm³/mol. The molecule has 3 N–H and O–H groups in total. The molecule has 21 heavy (non-hydrogen) atoms. The maximum absolute atomic E-state index is 11.8. The summed E-state index contributed by atoms with van der Waals surface area (Å²) in [5.41, 5.74) is 0. The van der Waals surface area contributed by atoms with E-state index in [-0.39, 0.29) is 30.3 Å². The van der Waals surface area contributed by atoms with E-state index >= 15 is 0 Å². The minimum atomic E-state index is -0.111. The molecule has 1 aromatic rings. The van der Waals surface area contributed by atoms with Gasteiger partial charge in [0.15, 0.2) is 0 Å². The summed E-state index contributed by atoms with van der Waals surface area (Å²) < 4.78 is 0. The van der Waals surface area contributed by atoms with Gasteiger partial charge in [0.1, 0.15) is 0 Å². The van der Waals surface area contributed by atoms with Crippen molar-refractivity contribution in [3.63, 3.8) is 0 Å². The number of thiophene rings is 1. The van der Waals surface area contributed by atoms with Crippen LogP contribution in [0.4, 0.5) is 0 Å². The summed E-state index contributed by atoms with van der Waals surface area (Å²) in [4.78, 5) is 24.2. The van der Waals surface area contributed by atoms with Crippen LogP contribution < -0.4 is 16.0 Å². The topological polar surface area (TPSA) is 70.2 Å². The smallest absolute Gasteiger partial charge is 0.261 e. The fourth-order valence-corrected chi connectivity index (χ4v) is 2.94. The van der Waals surface area contributed by atoms with Crippen LogP contribution in [0.1, 0.15) is 35.9 Å². The number of amides is 2. The lowest BCUT2D eigenvalue weighted by Gasteiger charge is -2.30. The van der Waals surface area contributed by atoms with Crippen molar-refractivity contribution in [1.29, 1.82) is 0 Å². The Morgan fingerprint density at radius 1 is 1.48 bits per heavy atom. The van der Waals surface area contributed by atoms with Crippen molar-refractivity contribution in [2.45, 2.75) is 38.3 Å². The van der Waals surface area contributed by atoms with Crippen molar-refractivity contribution in [2.75, 3.05) is 13.1 Å². The van der Waals surface area contributed by atoms with Gasteiger partial charge < -0.3 is 16.0 Å². The molecule has 5 nitrogen and oxygen atoms in total. The first-order valence-corrected chi connectivity index (χ1v) is 7.89. The molecule has 0 aromatic carbocycles. The van der Waals surface area contributed by atoms with Crippen LogP contribution in [0.25, 0.3) is 0 Å². The van der Waals surface area contributed by atoms with Gasteiger partial charge in [-0.1, -0.05) is 6.07 Å². The number of carbonyl (C=O) groups excluding carboxylic acids is 2. The average molecular weight is 332 g/mol. The van der Waals surface area contributed by atoms with Gasteiger partial charge in [0.25, 0.3) is 5.91 Å². The van der Waals surface area contributed by atoms with Gasteiger partial charge in [-0.25, -0.2) is 0 Å². The molecular weight excluding hydrogens is 310 g/mol. The molecule has 1 aliphatic rings. The zero-order valence-corrected chi connectivity index (χ0v) is 13.7. The molecule has 2 heterocycles. The van der Waals surface area contributed by atoms with E-state index in [1.54, 1.807) is 6.07 Å². The van der Waals surface area contributed by atoms with E-state index in [1.165, 1.54) is 11.3 Å². The third kappa shape index (κ3) is 5.65. The number of hydrogen-bond donors (Lipinski definition) is 3. The number of hydrogen-bond acceptors (Lipinski definition) is 4. The molecule has 1 saturated heterocycles. The summed E-state index contributed by atoms with van der Waals surface area (Å²) in [5, 5.41) is 11.0. The molecule has 2 amide bonds. The van der Waals surface area contributed by atoms with E-state index in [0.29, 0.717) is 23.9 Å². The molecule has 118 valence electrons. The lowest BCUT2D eigenvalue weighted by atomic mass is 10.00. The number of nitrogens with one attached hydrogen (secondary N) is 3. The van der Waals surface area contributed by atoms with Gasteiger partial charge in [-0.15, -0.1) is 23.7 Å². The zero-order valence-electron chi connectivity index (χ0n) is 12.1. The van der Waals surface area contributed by atoms with Gasteiger partial charge in [-0.05, 0) is 37.8 Å². The summed E-state index contributed by atoms with van der Waals surface area (Å²) >= 11 is 1.40. The fraction of sp³-hybridized carbons (Fsp3) is 0.571. The van der Waals surface area contributed by atoms with Crippen LogP contribution in [0.3, 0.4) is 0 Å². The van der Waals surface area contributed by atoms with Gasteiger partial charge in [0.2, 0.25) is 5.91 Å². The molecular formula is C14H22ClN3O2S. The fourth-order valence-electron chi connectivity index (χ4n) is 2.30. The summed E-state index contributed by atoms with van der Waals surface area (Å²) in [6, 6.07) is 4.12. The quantitative estimate of drug-likeness (QED) is 0.766. The van der Waals surface area contributed by atoms with E-state index in [1.807, 2.05) is 11.4 Å². The van der Waals surface area contributed by atoms with Crippen molar-refractivity contribution in [3.8, 4) is 0 Å². The number of carbonyl (C=O) groups is 2. The SMILES string of the molecule is CC1NCCCC1NC(=O)CCNC(=O)c1cccs1.Cl. The second-order valence-corrected chi connectivity index (χ2v) is 5.99. The molecule has 0 bridgehead atoms. The highest BCUT2D eigenvalue weighted by Gasteiger charge is 2.22. The molecule has 7 heteroatoms. The molecule has 2 unspecified atom stereocenters. The van der Waals surface area contributed by atoms with Crippen molar-refractivity contribution >= 4 is 35.6 Å². The summed E-state index contributed by atoms with van der Waals surface area (Å²) in [7, 11) is 0. The first-order valence-electron chi connectivity index (χ1n) is 7.01. The van der Waals surface area contributed by atoms with Crippen LogP contribution in [0, 0.1) is 0 Å². The van der Waals surface area contributed by atoms with Crippen LogP contribution in [-0.4, -0.2) is 37.0 Å². The van der Waals surface area contributed by atoms with Gasteiger partial charge in [-0.2, -0.15) is 0 Å². The Hall–Kier alpha value is -1.11. The van der Waals surface area contributed by atoms with Crippen LogP contribution >= 0.6 is 23.7 Å². The Morgan fingerprint density at radius 2 is 2.29 bits per heavy atom. The second kappa shape index (κ2) is 9.02. The highest BCUT2D eigenvalue weighted by molar-refractivity contribution is 7.12. The predicted octanol–water partition coefficient (Wildman–Crippen LogP) is 1.55. The molecule has 0 saturated carbocycles. The summed E-state index contributed by atoms with van der Waals surface area (Å²) in [6.07, 6.45) is 2.42. The van der Waals surface area contributed by atoms with Crippen LogP contribution in [0.5, 0.6) is 0 Å². The van der Waals surface area contributed by atoms with Crippen molar-refractivity contribution in [1.82, 2.24) is 16.0 Å². The van der Waals surface area contributed by atoms with E-state index in [9.17, 15) is 9.59 Å². The Labute approximate surface area is 135 Å². The molecule has 1 fully saturated rings. The Bertz CT molecular complexity index is 453. The minimum absolute atomic E-state index is 0. The van der Waals surface area contributed by atoms with Crippen LogP contribution in [-0.2, 0) is 4.79 Å². The lowest BCUT2D eigenvalue weighted by molar-refractivity contribution is -0.122. The Kier molecular flexibility index (Phi) is 7.71. The van der Waals surface area contributed by atoms with Crippen LogP contribution in [0.2, 0.25) is 0 Å². The standard InChI is InChI=1S/C14H21N3O2S.ClH/c1-10-11(4-2-7-15-10)17-13(18)6-8-16-14(19)12-5-3-9-20-12;/h3,5,9-11,15H,2,4,6-8H2,1H3,(H,16,19)(H,17,18);1H. The molecule has 2 atom stereocenters. The molecule has 0 spiro atoms. The van der Waals surface area contributed by atoms with E-state index in [2.05, 4.69) is 22.9 Å². The Morgan fingerprint density at radius 3 is 2.95 bits per heavy atom. The lowest BCUT2D eigenvalue weighted by Crippen LogP contribution is -2.52. The average Bonchev–Trinajstić information content (AvgIpc) is 2.95. The Balaban J connectivity index is 0.00000220. The van der Waals surface area contributed by atoms with E-state index < -0.39 is 0 Å². The molecule has 1 aliphatic heterocycles. The largest absolute Gasteiger partial charge is 0.352 e. The van der Waals surface area contributed by atoms with Gasteiger partial charge >= 0.3 is 0 Å². The minimum Gasteiger partial charge on any atom is -0.352 e. The third-order valence-corrected chi connectivity index (χ3v) is 4.36. The highest BCUT2D eigenvalue weighted by Crippen LogP contribution is 2.09. The molecule has 2 rings (SSSR count). The van der Waals surface area contributed by atoms with Crippen molar-refractivity contribution < 1.29 is 9.59 Å². The molecule has 0 radical (unpaired) electrons. The van der Waals surface area contributed by atoms with Crippen LogP contribution in [0.15, 0.2) is 17.5 Å². The summed E-state index contributed by atoms with van der Waals surface area (Å²) in [5.74, 6) is -0.113. The maximum atomic E-state index is 11.8. The van der Waals surface area contributed by atoms with Gasteiger partial charge in [-0.3, -0.25) is 9.59 Å². The number of piperidine rings is 1. The molecule has 0 aliphatic carbocycles. The van der Waals surface area contributed by atoms with Crippen molar-refractivity contribution in [2.24, 2.45) is 0 Å². The first-order chi connectivity index (χ1) is 9.66. The first kappa shape index (κ1) is 17.9. The van der Waals surface area contributed by atoms with E-state index in [4.69, 9.17) is 0 Å². The number of rotatable bonds is 5. The van der Waals surface area contributed by atoms with Gasteiger partial charge in [0, 0.05) is 25.0 Å². The van der Waals surface area contributed by atoms with Crippen molar-refractivity contribution in [3.05, 3.63) is 22.4 Å². The zero-order chi connectivity index (χ0) is 14.4. The monoisotopic (exact) mass is 331 g/mol.